The van der Waals surface area contributed by atoms with Gasteiger partial charge in [0.15, 0.2) is 0 Å². The smallest absolute Gasteiger partial charge is 0.285 e. The number of benzene rings is 1. The van der Waals surface area contributed by atoms with Gasteiger partial charge in [-0.2, -0.15) is 8.78 Å². The Morgan fingerprint density at radius 3 is 2.47 bits per heavy atom. The highest BCUT2D eigenvalue weighted by atomic mass is 19.3. The average Bonchev–Trinajstić information content (AvgIpc) is 2.29. The highest BCUT2D eigenvalue weighted by Crippen LogP contribution is 2.26. The van der Waals surface area contributed by atoms with E-state index < -0.39 is 5.92 Å². The van der Waals surface area contributed by atoms with E-state index in [1.54, 1.807) is 18.2 Å². The van der Waals surface area contributed by atoms with Crippen LogP contribution in [0.15, 0.2) is 30.3 Å². The quantitative estimate of drug-likeness (QED) is 0.743. The Balaban J connectivity index is 2.30. The molecule has 2 nitrogen and oxygen atoms in total. The van der Waals surface area contributed by atoms with Crippen molar-refractivity contribution >= 4 is 0 Å². The molecular formula is C13H19F2NO. The second-order valence-electron chi connectivity index (χ2n) is 4.17. The van der Waals surface area contributed by atoms with E-state index >= 15 is 0 Å². The van der Waals surface area contributed by atoms with Crippen molar-refractivity contribution in [1.29, 1.82) is 0 Å². The summed E-state index contributed by atoms with van der Waals surface area (Å²) in [5.41, 5.74) is 0.0391. The van der Waals surface area contributed by atoms with E-state index in [0.29, 0.717) is 13.2 Å². The Hall–Kier alpha value is -1.00. The number of nitrogens with one attached hydrogen (secondary N) is 1. The second-order valence-corrected chi connectivity index (χ2v) is 4.17. The van der Waals surface area contributed by atoms with Crippen molar-refractivity contribution in [2.24, 2.45) is 0 Å². The minimum atomic E-state index is -2.83. The molecule has 1 rings (SSSR count). The maximum absolute atomic E-state index is 13.6. The summed E-state index contributed by atoms with van der Waals surface area (Å²) < 4.78 is 32.5. The zero-order valence-electron chi connectivity index (χ0n) is 10.2. The van der Waals surface area contributed by atoms with Crippen LogP contribution in [0.1, 0.15) is 19.4 Å². The van der Waals surface area contributed by atoms with E-state index in [-0.39, 0.29) is 18.2 Å². The standard InChI is InChI=1S/C13H19F2NO/c1-11(2)17-9-8-16-10-13(14,15)12-6-4-3-5-7-12/h3-7,11,16H,8-10H2,1-2H3. The van der Waals surface area contributed by atoms with Gasteiger partial charge in [0.25, 0.3) is 5.92 Å². The number of alkyl halides is 2. The fraction of sp³-hybridized carbons (Fsp3) is 0.538. The summed E-state index contributed by atoms with van der Waals surface area (Å²) in [7, 11) is 0. The lowest BCUT2D eigenvalue weighted by atomic mass is 10.1. The molecule has 1 aromatic rings. The van der Waals surface area contributed by atoms with E-state index in [0.717, 1.165) is 0 Å². The zero-order valence-corrected chi connectivity index (χ0v) is 10.2. The van der Waals surface area contributed by atoms with Crippen molar-refractivity contribution in [3.05, 3.63) is 35.9 Å². The fourth-order valence-electron chi connectivity index (χ4n) is 1.40. The topological polar surface area (TPSA) is 21.3 Å². The van der Waals surface area contributed by atoms with Gasteiger partial charge in [0.1, 0.15) is 0 Å². The highest BCUT2D eigenvalue weighted by Gasteiger charge is 2.30. The van der Waals surface area contributed by atoms with Crippen LogP contribution in [0, 0.1) is 0 Å². The molecule has 0 unspecified atom stereocenters. The molecular weight excluding hydrogens is 224 g/mol. The number of hydrogen-bond donors (Lipinski definition) is 1. The Labute approximate surface area is 101 Å². The fourth-order valence-corrected chi connectivity index (χ4v) is 1.40. The molecule has 0 amide bonds. The summed E-state index contributed by atoms with van der Waals surface area (Å²) in [4.78, 5) is 0. The van der Waals surface area contributed by atoms with Gasteiger partial charge in [0.2, 0.25) is 0 Å². The van der Waals surface area contributed by atoms with Crippen molar-refractivity contribution < 1.29 is 13.5 Å². The zero-order chi connectivity index (χ0) is 12.7. The molecule has 0 saturated carbocycles. The van der Waals surface area contributed by atoms with E-state index in [1.165, 1.54) is 12.1 Å². The lowest BCUT2D eigenvalue weighted by Gasteiger charge is -2.17. The van der Waals surface area contributed by atoms with Crippen LogP contribution in [0.25, 0.3) is 0 Å². The summed E-state index contributed by atoms with van der Waals surface area (Å²) in [6, 6.07) is 7.83. The van der Waals surface area contributed by atoms with Gasteiger partial charge < -0.3 is 10.1 Å². The van der Waals surface area contributed by atoms with Gasteiger partial charge in [0.05, 0.1) is 19.3 Å². The Morgan fingerprint density at radius 2 is 1.88 bits per heavy atom. The Kier molecular flexibility index (Phi) is 5.51. The summed E-state index contributed by atoms with van der Waals surface area (Å²) in [5.74, 6) is -2.83. The SMILES string of the molecule is CC(C)OCCNCC(F)(F)c1ccccc1. The molecule has 0 aliphatic carbocycles. The Morgan fingerprint density at radius 1 is 1.24 bits per heavy atom. The molecule has 1 aromatic carbocycles. The average molecular weight is 243 g/mol. The monoisotopic (exact) mass is 243 g/mol. The van der Waals surface area contributed by atoms with Crippen molar-refractivity contribution in [3.63, 3.8) is 0 Å². The van der Waals surface area contributed by atoms with Gasteiger partial charge in [0, 0.05) is 12.1 Å². The van der Waals surface area contributed by atoms with Crippen molar-refractivity contribution in [3.8, 4) is 0 Å². The van der Waals surface area contributed by atoms with Crippen molar-refractivity contribution in [1.82, 2.24) is 5.32 Å². The first kappa shape index (κ1) is 14.1. The van der Waals surface area contributed by atoms with E-state index in [9.17, 15) is 8.78 Å². The largest absolute Gasteiger partial charge is 0.377 e. The lowest BCUT2D eigenvalue weighted by molar-refractivity contribution is -0.00584. The van der Waals surface area contributed by atoms with E-state index in [2.05, 4.69) is 5.32 Å². The van der Waals surface area contributed by atoms with Crippen LogP contribution in [0.5, 0.6) is 0 Å². The van der Waals surface area contributed by atoms with Crippen LogP contribution in [-0.4, -0.2) is 25.8 Å². The van der Waals surface area contributed by atoms with Crippen molar-refractivity contribution in [2.75, 3.05) is 19.7 Å². The minimum Gasteiger partial charge on any atom is -0.377 e. The summed E-state index contributed by atoms with van der Waals surface area (Å²) in [5, 5.41) is 2.70. The van der Waals surface area contributed by atoms with Gasteiger partial charge in [-0.3, -0.25) is 0 Å². The van der Waals surface area contributed by atoms with Crippen molar-refractivity contribution in [2.45, 2.75) is 25.9 Å². The molecule has 0 aliphatic heterocycles. The molecule has 0 saturated heterocycles. The van der Waals surface area contributed by atoms with Crippen LogP contribution in [-0.2, 0) is 10.7 Å². The molecule has 1 N–H and O–H groups in total. The number of rotatable bonds is 7. The molecule has 0 fully saturated rings. The van der Waals surface area contributed by atoms with Gasteiger partial charge in [-0.1, -0.05) is 30.3 Å². The summed E-state index contributed by atoms with van der Waals surface area (Å²) >= 11 is 0. The highest BCUT2D eigenvalue weighted by molar-refractivity contribution is 5.20. The molecule has 0 aliphatic rings. The molecule has 0 aromatic heterocycles. The van der Waals surface area contributed by atoms with Gasteiger partial charge in [-0.15, -0.1) is 0 Å². The second kappa shape index (κ2) is 6.67. The number of ether oxygens (including phenoxy) is 1. The van der Waals surface area contributed by atoms with Gasteiger partial charge in [-0.25, -0.2) is 0 Å². The summed E-state index contributed by atoms with van der Waals surface area (Å²) in [6.45, 7) is 4.35. The van der Waals surface area contributed by atoms with Crippen LogP contribution in [0.3, 0.4) is 0 Å². The molecule has 0 bridgehead atoms. The van der Waals surface area contributed by atoms with E-state index in [4.69, 9.17) is 4.74 Å². The van der Waals surface area contributed by atoms with Gasteiger partial charge in [-0.05, 0) is 13.8 Å². The molecule has 0 radical (unpaired) electrons. The Bertz CT molecular complexity index is 314. The van der Waals surface area contributed by atoms with Crippen LogP contribution in [0.4, 0.5) is 8.78 Å². The third-order valence-corrected chi connectivity index (χ3v) is 2.27. The predicted octanol–water partition coefficient (Wildman–Crippen LogP) is 2.79. The molecule has 0 heterocycles. The number of halogens is 2. The molecule has 17 heavy (non-hydrogen) atoms. The van der Waals surface area contributed by atoms with Crippen LogP contribution in [0.2, 0.25) is 0 Å². The molecule has 0 spiro atoms. The normalized spacial score (nSPS) is 12.1. The minimum absolute atomic E-state index is 0.0391. The third kappa shape index (κ3) is 5.24. The molecule has 96 valence electrons. The number of hydrogen-bond acceptors (Lipinski definition) is 2. The first-order valence-corrected chi connectivity index (χ1v) is 5.78. The maximum Gasteiger partial charge on any atom is 0.285 e. The molecule has 4 heteroatoms. The maximum atomic E-state index is 13.6. The summed E-state index contributed by atoms with van der Waals surface area (Å²) in [6.07, 6.45) is 0.131. The van der Waals surface area contributed by atoms with Crippen LogP contribution >= 0.6 is 0 Å². The van der Waals surface area contributed by atoms with Gasteiger partial charge >= 0.3 is 0 Å². The predicted molar refractivity (Wildman–Crippen MR) is 64.3 cm³/mol. The van der Waals surface area contributed by atoms with E-state index in [1.807, 2.05) is 13.8 Å². The first-order valence-electron chi connectivity index (χ1n) is 5.78. The lowest BCUT2D eigenvalue weighted by Crippen LogP contribution is -2.33. The first-order chi connectivity index (χ1) is 8.02. The third-order valence-electron chi connectivity index (χ3n) is 2.27. The van der Waals surface area contributed by atoms with Crippen LogP contribution < -0.4 is 5.32 Å². The molecule has 0 atom stereocenters.